The third-order valence-electron chi connectivity index (χ3n) is 3.47. The van der Waals surface area contributed by atoms with Crippen LogP contribution in [-0.4, -0.2) is 36.3 Å². The van der Waals surface area contributed by atoms with Crippen LogP contribution in [0, 0.1) is 6.92 Å². The maximum absolute atomic E-state index is 11.8. The molecule has 1 aromatic carbocycles. The first-order valence-electron chi connectivity index (χ1n) is 6.63. The van der Waals surface area contributed by atoms with Crippen LogP contribution in [0.3, 0.4) is 0 Å². The second-order valence-corrected chi connectivity index (χ2v) is 5.23. The van der Waals surface area contributed by atoms with Gasteiger partial charge in [-0.15, -0.1) is 0 Å². The highest BCUT2D eigenvalue weighted by molar-refractivity contribution is 5.82. The molecule has 102 valence electrons. The number of likely N-dealkylation sites (N-methyl/N-ethyl adjacent to an activating group) is 1. The standard InChI is InChI=1S/C15H20N2O2/c1-11-3-5-12(6-4-11)7-8-14(18)16-13-9-15(19)17(2)10-13/h3-6,13H,7-10H2,1-2H3,(H,16,18). The third kappa shape index (κ3) is 3.81. The number of likely N-dealkylation sites (tertiary alicyclic amines) is 1. The number of carbonyl (C=O) groups is 2. The molecule has 4 nitrogen and oxygen atoms in total. The zero-order valence-corrected chi connectivity index (χ0v) is 11.5. The first-order chi connectivity index (χ1) is 9.04. The van der Waals surface area contributed by atoms with Crippen LogP contribution in [0.4, 0.5) is 0 Å². The predicted octanol–water partition coefficient (Wildman–Crippen LogP) is 1.27. The van der Waals surface area contributed by atoms with Gasteiger partial charge in [-0.25, -0.2) is 0 Å². The van der Waals surface area contributed by atoms with Crippen LogP contribution < -0.4 is 5.32 Å². The van der Waals surface area contributed by atoms with Crippen molar-refractivity contribution in [3.05, 3.63) is 35.4 Å². The molecule has 0 aromatic heterocycles. The summed E-state index contributed by atoms with van der Waals surface area (Å²) >= 11 is 0. The fourth-order valence-electron chi connectivity index (χ4n) is 2.27. The van der Waals surface area contributed by atoms with Gasteiger partial charge in [0.15, 0.2) is 0 Å². The lowest BCUT2D eigenvalue weighted by Gasteiger charge is -2.12. The maximum Gasteiger partial charge on any atom is 0.224 e. The number of nitrogens with zero attached hydrogens (tertiary/aromatic N) is 1. The van der Waals surface area contributed by atoms with Crippen LogP contribution in [0.5, 0.6) is 0 Å². The Hall–Kier alpha value is -1.84. The monoisotopic (exact) mass is 260 g/mol. The summed E-state index contributed by atoms with van der Waals surface area (Å²) in [6.45, 7) is 2.67. The molecule has 1 unspecified atom stereocenters. The van der Waals surface area contributed by atoms with Crippen molar-refractivity contribution in [1.82, 2.24) is 10.2 Å². The second kappa shape index (κ2) is 5.87. The van der Waals surface area contributed by atoms with Gasteiger partial charge in [0.05, 0.1) is 6.04 Å². The first-order valence-corrected chi connectivity index (χ1v) is 6.63. The van der Waals surface area contributed by atoms with Gasteiger partial charge in [-0.3, -0.25) is 9.59 Å². The summed E-state index contributed by atoms with van der Waals surface area (Å²) in [6.07, 6.45) is 1.63. The van der Waals surface area contributed by atoms with Gasteiger partial charge in [-0.2, -0.15) is 0 Å². The van der Waals surface area contributed by atoms with Crippen molar-refractivity contribution in [3.63, 3.8) is 0 Å². The van der Waals surface area contributed by atoms with E-state index in [1.165, 1.54) is 11.1 Å². The topological polar surface area (TPSA) is 49.4 Å². The molecule has 1 saturated heterocycles. The Labute approximate surface area is 113 Å². The summed E-state index contributed by atoms with van der Waals surface area (Å²) in [4.78, 5) is 24.8. The Morgan fingerprint density at radius 2 is 2.05 bits per heavy atom. The molecule has 0 saturated carbocycles. The third-order valence-corrected chi connectivity index (χ3v) is 3.47. The van der Waals surface area contributed by atoms with Crippen molar-refractivity contribution in [2.75, 3.05) is 13.6 Å². The molecule has 0 bridgehead atoms. The van der Waals surface area contributed by atoms with E-state index < -0.39 is 0 Å². The van der Waals surface area contributed by atoms with Gasteiger partial charge in [0, 0.05) is 26.4 Å². The van der Waals surface area contributed by atoms with Gasteiger partial charge in [0.2, 0.25) is 11.8 Å². The zero-order chi connectivity index (χ0) is 13.8. The summed E-state index contributed by atoms with van der Waals surface area (Å²) in [6, 6.07) is 8.18. The Kier molecular flexibility index (Phi) is 4.20. The molecule has 1 N–H and O–H groups in total. The van der Waals surface area contributed by atoms with Gasteiger partial charge in [-0.1, -0.05) is 29.8 Å². The van der Waals surface area contributed by atoms with Crippen LogP contribution in [0.15, 0.2) is 24.3 Å². The lowest BCUT2D eigenvalue weighted by atomic mass is 10.1. The normalized spacial score (nSPS) is 18.7. The Morgan fingerprint density at radius 1 is 1.37 bits per heavy atom. The summed E-state index contributed by atoms with van der Waals surface area (Å²) < 4.78 is 0. The summed E-state index contributed by atoms with van der Waals surface area (Å²) in [5.41, 5.74) is 2.39. The highest BCUT2D eigenvalue weighted by atomic mass is 16.2. The van der Waals surface area contributed by atoms with Gasteiger partial charge in [-0.05, 0) is 18.9 Å². The SMILES string of the molecule is Cc1ccc(CCC(=O)NC2CC(=O)N(C)C2)cc1. The number of nitrogens with one attached hydrogen (secondary N) is 1. The number of rotatable bonds is 4. The lowest BCUT2D eigenvalue weighted by Crippen LogP contribution is -2.36. The number of benzene rings is 1. The quantitative estimate of drug-likeness (QED) is 0.886. The molecule has 1 aliphatic heterocycles. The smallest absolute Gasteiger partial charge is 0.224 e. The van der Waals surface area contributed by atoms with Gasteiger partial charge in [0.25, 0.3) is 0 Å². The first kappa shape index (κ1) is 13.6. The van der Waals surface area contributed by atoms with Crippen LogP contribution in [0.1, 0.15) is 24.0 Å². The minimum Gasteiger partial charge on any atom is -0.351 e. The molecule has 1 heterocycles. The van der Waals surface area contributed by atoms with E-state index in [2.05, 4.69) is 29.6 Å². The van der Waals surface area contributed by atoms with E-state index in [9.17, 15) is 9.59 Å². The Morgan fingerprint density at radius 3 is 2.63 bits per heavy atom. The van der Waals surface area contributed by atoms with Crippen LogP contribution in [0.2, 0.25) is 0 Å². The largest absolute Gasteiger partial charge is 0.351 e. The summed E-state index contributed by atoms with van der Waals surface area (Å²) in [5.74, 6) is 0.123. The van der Waals surface area contributed by atoms with E-state index in [1.807, 2.05) is 6.92 Å². The molecular formula is C15H20N2O2. The molecule has 2 amide bonds. The average Bonchev–Trinajstić information content (AvgIpc) is 2.67. The number of aryl methyl sites for hydroxylation is 2. The van der Waals surface area contributed by atoms with Gasteiger partial charge in [0.1, 0.15) is 0 Å². The van der Waals surface area contributed by atoms with Crippen LogP contribution in [-0.2, 0) is 16.0 Å². The van der Waals surface area contributed by atoms with E-state index in [4.69, 9.17) is 0 Å². The molecule has 19 heavy (non-hydrogen) atoms. The average molecular weight is 260 g/mol. The van der Waals surface area contributed by atoms with E-state index in [-0.39, 0.29) is 17.9 Å². The fraction of sp³-hybridized carbons (Fsp3) is 0.467. The van der Waals surface area contributed by atoms with E-state index in [1.54, 1.807) is 11.9 Å². The number of hydrogen-bond acceptors (Lipinski definition) is 2. The predicted molar refractivity (Wildman–Crippen MR) is 73.7 cm³/mol. The van der Waals surface area contributed by atoms with Crippen molar-refractivity contribution < 1.29 is 9.59 Å². The van der Waals surface area contributed by atoms with E-state index in [0.29, 0.717) is 19.4 Å². The molecule has 0 aliphatic carbocycles. The molecular weight excluding hydrogens is 240 g/mol. The van der Waals surface area contributed by atoms with Crippen molar-refractivity contribution in [1.29, 1.82) is 0 Å². The molecule has 0 spiro atoms. The molecule has 1 aliphatic rings. The van der Waals surface area contributed by atoms with Gasteiger partial charge >= 0.3 is 0 Å². The van der Waals surface area contributed by atoms with Gasteiger partial charge < -0.3 is 10.2 Å². The number of carbonyl (C=O) groups excluding carboxylic acids is 2. The second-order valence-electron chi connectivity index (χ2n) is 5.23. The minimum atomic E-state index is -0.0250. The Bertz CT molecular complexity index is 468. The van der Waals surface area contributed by atoms with Crippen molar-refractivity contribution in [3.8, 4) is 0 Å². The number of amides is 2. The molecule has 4 heteroatoms. The highest BCUT2D eigenvalue weighted by Gasteiger charge is 2.27. The molecule has 0 radical (unpaired) electrons. The van der Waals surface area contributed by atoms with E-state index in [0.717, 1.165) is 6.42 Å². The molecule has 1 aromatic rings. The summed E-state index contributed by atoms with van der Waals surface area (Å²) in [7, 11) is 1.76. The highest BCUT2D eigenvalue weighted by Crippen LogP contribution is 2.09. The molecule has 1 atom stereocenters. The zero-order valence-electron chi connectivity index (χ0n) is 11.5. The van der Waals surface area contributed by atoms with Crippen molar-refractivity contribution in [2.45, 2.75) is 32.2 Å². The van der Waals surface area contributed by atoms with Crippen LogP contribution in [0.25, 0.3) is 0 Å². The van der Waals surface area contributed by atoms with Crippen molar-refractivity contribution in [2.24, 2.45) is 0 Å². The molecule has 1 fully saturated rings. The Balaban J connectivity index is 1.76. The lowest BCUT2D eigenvalue weighted by molar-refractivity contribution is -0.126. The number of hydrogen-bond donors (Lipinski definition) is 1. The van der Waals surface area contributed by atoms with E-state index >= 15 is 0 Å². The molecule has 2 rings (SSSR count). The maximum atomic E-state index is 11.8. The van der Waals surface area contributed by atoms with Crippen molar-refractivity contribution >= 4 is 11.8 Å². The van der Waals surface area contributed by atoms with Crippen LogP contribution >= 0.6 is 0 Å². The fourth-order valence-corrected chi connectivity index (χ4v) is 2.27. The minimum absolute atomic E-state index is 0.0219. The summed E-state index contributed by atoms with van der Waals surface area (Å²) in [5, 5.41) is 2.92.